The minimum atomic E-state index is -0.733. The van der Waals surface area contributed by atoms with Gasteiger partial charge in [0.05, 0.1) is 22.5 Å². The van der Waals surface area contributed by atoms with Crippen LogP contribution in [0.5, 0.6) is 0 Å². The Labute approximate surface area is 240 Å². The standard InChI is InChI=1S/C31H29F2N7O2/c1-3-24(41)38-12-13-39(17(2)15-38)29-21-14-23(33)27(20-6-4-5-7-22(20)32)36-30(21)40(31(42)37-29)28-25(18-8-9-18)34-16-35-26(28)19-10-11-19/h3-7,14,16-19H,1,8-13,15H2,2H3/t17-/m0/s1. The van der Waals surface area contributed by atoms with Crippen molar-refractivity contribution >= 4 is 22.8 Å². The van der Waals surface area contributed by atoms with Gasteiger partial charge in [-0.25, -0.2) is 33.1 Å². The number of aromatic nitrogens is 5. The lowest BCUT2D eigenvalue weighted by atomic mass is 10.1. The average Bonchev–Trinajstić information content (AvgIpc) is 3.91. The van der Waals surface area contributed by atoms with E-state index in [1.807, 2.05) is 11.8 Å². The second-order valence-corrected chi connectivity index (χ2v) is 11.3. The maximum absolute atomic E-state index is 15.9. The van der Waals surface area contributed by atoms with Gasteiger partial charge in [0.25, 0.3) is 0 Å². The van der Waals surface area contributed by atoms with Crippen molar-refractivity contribution < 1.29 is 13.6 Å². The predicted octanol–water partition coefficient (Wildman–Crippen LogP) is 4.49. The highest BCUT2D eigenvalue weighted by Gasteiger charge is 2.37. The van der Waals surface area contributed by atoms with Gasteiger partial charge in [0.2, 0.25) is 5.91 Å². The van der Waals surface area contributed by atoms with Crippen molar-refractivity contribution in [2.75, 3.05) is 24.5 Å². The van der Waals surface area contributed by atoms with Gasteiger partial charge in [-0.3, -0.25) is 4.79 Å². The van der Waals surface area contributed by atoms with Crippen molar-refractivity contribution in [2.45, 2.75) is 50.5 Å². The molecule has 3 aliphatic rings. The number of halogens is 2. The molecule has 0 bridgehead atoms. The van der Waals surface area contributed by atoms with Crippen LogP contribution in [0, 0.1) is 11.6 Å². The second kappa shape index (κ2) is 10.1. The number of nitrogens with zero attached hydrogens (tertiary/aromatic N) is 7. The van der Waals surface area contributed by atoms with Gasteiger partial charge in [0, 0.05) is 43.1 Å². The molecule has 0 unspecified atom stereocenters. The average molecular weight is 570 g/mol. The van der Waals surface area contributed by atoms with Gasteiger partial charge in [-0.15, -0.1) is 0 Å². The van der Waals surface area contributed by atoms with Gasteiger partial charge in [-0.2, -0.15) is 4.98 Å². The number of fused-ring (bicyclic) bond motifs is 1. The van der Waals surface area contributed by atoms with Gasteiger partial charge in [0.15, 0.2) is 5.65 Å². The number of benzene rings is 1. The van der Waals surface area contributed by atoms with Gasteiger partial charge in [-0.1, -0.05) is 18.7 Å². The molecule has 9 nitrogen and oxygen atoms in total. The summed E-state index contributed by atoms with van der Waals surface area (Å²) in [7, 11) is 0. The van der Waals surface area contributed by atoms with Crippen LogP contribution in [0.1, 0.15) is 55.8 Å². The first kappa shape index (κ1) is 26.4. The molecule has 214 valence electrons. The molecular formula is C31H29F2N7O2. The fourth-order valence-electron chi connectivity index (χ4n) is 5.92. The largest absolute Gasteiger partial charge is 0.355 e. The highest BCUT2D eigenvalue weighted by molar-refractivity contribution is 5.91. The van der Waals surface area contributed by atoms with E-state index in [9.17, 15) is 14.0 Å². The van der Waals surface area contributed by atoms with E-state index in [0.717, 1.165) is 37.1 Å². The summed E-state index contributed by atoms with van der Waals surface area (Å²) in [5, 5.41) is 0.315. The third kappa shape index (κ3) is 4.43. The molecule has 0 spiro atoms. The first-order valence-corrected chi connectivity index (χ1v) is 14.3. The first-order valence-electron chi connectivity index (χ1n) is 14.3. The Bertz CT molecular complexity index is 1790. The molecule has 42 heavy (non-hydrogen) atoms. The van der Waals surface area contributed by atoms with Crippen LogP contribution in [0.4, 0.5) is 14.6 Å². The number of rotatable bonds is 6. The zero-order valence-corrected chi connectivity index (χ0v) is 23.1. The van der Waals surface area contributed by atoms with Gasteiger partial charge >= 0.3 is 5.69 Å². The van der Waals surface area contributed by atoms with Crippen LogP contribution in [0.2, 0.25) is 0 Å². The van der Waals surface area contributed by atoms with E-state index in [0.29, 0.717) is 30.7 Å². The molecule has 1 amide bonds. The van der Waals surface area contributed by atoms with E-state index >= 15 is 4.39 Å². The minimum Gasteiger partial charge on any atom is -0.350 e. The number of piperazine rings is 1. The van der Waals surface area contributed by atoms with Crippen LogP contribution in [0.15, 0.2) is 54.1 Å². The molecule has 1 aromatic carbocycles. The minimum absolute atomic E-state index is 0.00618. The molecule has 3 aromatic heterocycles. The maximum atomic E-state index is 15.9. The van der Waals surface area contributed by atoms with E-state index in [4.69, 9.17) is 0 Å². The maximum Gasteiger partial charge on any atom is 0.355 e. The molecule has 1 aliphatic heterocycles. The molecule has 4 heterocycles. The SMILES string of the molecule is C=CC(=O)N1CCN(c2nc(=O)n(-c3c(C4CC4)ncnc3C3CC3)c3nc(-c4ccccc4F)c(F)cc23)[C@@H](C)C1. The monoisotopic (exact) mass is 569 g/mol. The first-order chi connectivity index (χ1) is 20.4. The molecule has 4 aromatic rings. The van der Waals surface area contributed by atoms with Crippen LogP contribution < -0.4 is 10.6 Å². The highest BCUT2D eigenvalue weighted by atomic mass is 19.1. The summed E-state index contributed by atoms with van der Waals surface area (Å²) in [5.74, 6) is -0.894. The molecule has 1 atom stereocenters. The topological polar surface area (TPSA) is 97.1 Å². The Balaban J connectivity index is 1.49. The van der Waals surface area contributed by atoms with E-state index < -0.39 is 17.3 Å². The normalized spacial score (nSPS) is 18.9. The number of carbonyl (C=O) groups excluding carboxylic acids is 1. The lowest BCUT2D eigenvalue weighted by molar-refractivity contribution is -0.126. The summed E-state index contributed by atoms with van der Waals surface area (Å²) in [6.07, 6.45) is 6.60. The summed E-state index contributed by atoms with van der Waals surface area (Å²) in [6.45, 7) is 6.63. The predicted molar refractivity (Wildman–Crippen MR) is 154 cm³/mol. The molecule has 2 aliphatic carbocycles. The quantitative estimate of drug-likeness (QED) is 0.316. The van der Waals surface area contributed by atoms with Gasteiger partial charge < -0.3 is 9.80 Å². The third-order valence-electron chi connectivity index (χ3n) is 8.35. The van der Waals surface area contributed by atoms with E-state index in [1.165, 1.54) is 34.9 Å². The lowest BCUT2D eigenvalue weighted by Gasteiger charge is -2.40. The number of hydrogen-bond donors (Lipinski definition) is 0. The van der Waals surface area contributed by atoms with Crippen LogP contribution >= 0.6 is 0 Å². The van der Waals surface area contributed by atoms with Crippen molar-refractivity contribution in [1.82, 2.24) is 29.4 Å². The van der Waals surface area contributed by atoms with E-state index in [-0.39, 0.29) is 46.5 Å². The molecule has 1 saturated heterocycles. The molecule has 0 radical (unpaired) electrons. The Morgan fingerprint density at radius 1 is 1.00 bits per heavy atom. The Morgan fingerprint density at radius 2 is 1.69 bits per heavy atom. The molecule has 0 N–H and O–H groups in total. The fourth-order valence-corrected chi connectivity index (χ4v) is 5.92. The summed E-state index contributed by atoms with van der Waals surface area (Å²) in [5.41, 5.74) is 1.45. The summed E-state index contributed by atoms with van der Waals surface area (Å²) in [4.78, 5) is 48.3. The van der Waals surface area contributed by atoms with Crippen LogP contribution in [0.3, 0.4) is 0 Å². The van der Waals surface area contributed by atoms with Crippen molar-refractivity contribution in [3.05, 3.63) is 82.8 Å². The second-order valence-electron chi connectivity index (χ2n) is 11.3. The van der Waals surface area contributed by atoms with Crippen molar-refractivity contribution in [2.24, 2.45) is 0 Å². The van der Waals surface area contributed by atoms with Crippen molar-refractivity contribution in [1.29, 1.82) is 0 Å². The molecule has 7 rings (SSSR count). The summed E-state index contributed by atoms with van der Waals surface area (Å²) >= 11 is 0. The van der Waals surface area contributed by atoms with Gasteiger partial charge in [0.1, 0.15) is 29.5 Å². The van der Waals surface area contributed by atoms with E-state index in [1.54, 1.807) is 17.3 Å². The van der Waals surface area contributed by atoms with Crippen LogP contribution in [-0.2, 0) is 4.79 Å². The number of anilines is 1. The van der Waals surface area contributed by atoms with Crippen LogP contribution in [0.25, 0.3) is 28.0 Å². The summed E-state index contributed by atoms with van der Waals surface area (Å²) in [6, 6.07) is 6.91. The Hall–Kier alpha value is -4.54. The number of carbonyl (C=O) groups is 1. The number of pyridine rings is 1. The summed E-state index contributed by atoms with van der Waals surface area (Å²) < 4.78 is 32.2. The molecule has 3 fully saturated rings. The zero-order chi connectivity index (χ0) is 29.1. The lowest BCUT2D eigenvalue weighted by Crippen LogP contribution is -2.54. The molecule has 2 saturated carbocycles. The Kier molecular flexibility index (Phi) is 6.32. The zero-order valence-electron chi connectivity index (χ0n) is 23.1. The van der Waals surface area contributed by atoms with Crippen LogP contribution in [-0.4, -0.2) is 61.0 Å². The van der Waals surface area contributed by atoms with E-state index in [2.05, 4.69) is 26.5 Å². The van der Waals surface area contributed by atoms with Gasteiger partial charge in [-0.05, 0) is 56.9 Å². The molecule has 11 heteroatoms. The third-order valence-corrected chi connectivity index (χ3v) is 8.35. The highest BCUT2D eigenvalue weighted by Crippen LogP contribution is 2.47. The molecular weight excluding hydrogens is 540 g/mol. The number of hydrogen-bond acceptors (Lipinski definition) is 7. The van der Waals surface area contributed by atoms with Crippen molar-refractivity contribution in [3.63, 3.8) is 0 Å². The number of amides is 1. The fraction of sp³-hybridized carbons (Fsp3) is 0.355. The smallest absolute Gasteiger partial charge is 0.350 e. The Morgan fingerprint density at radius 3 is 2.31 bits per heavy atom. The van der Waals surface area contributed by atoms with Crippen molar-refractivity contribution in [3.8, 4) is 16.9 Å².